The molecule has 114 valence electrons. The highest BCUT2D eigenvalue weighted by atomic mass is 16.2. The molecule has 22 heavy (non-hydrogen) atoms. The highest BCUT2D eigenvalue weighted by Gasteiger charge is 2.40. The lowest BCUT2D eigenvalue weighted by Crippen LogP contribution is -2.53. The van der Waals surface area contributed by atoms with Gasteiger partial charge in [-0.15, -0.1) is 0 Å². The molecule has 1 saturated heterocycles. The zero-order chi connectivity index (χ0) is 15.1. The Balaban J connectivity index is 1.64. The van der Waals surface area contributed by atoms with Gasteiger partial charge in [0.1, 0.15) is 0 Å². The van der Waals surface area contributed by atoms with Crippen molar-refractivity contribution in [1.82, 2.24) is 10.2 Å². The molecule has 2 aromatic rings. The average Bonchev–Trinajstić information content (AvgIpc) is 3.30. The Kier molecular flexibility index (Phi) is 3.38. The van der Waals surface area contributed by atoms with Gasteiger partial charge in [-0.2, -0.15) is 0 Å². The van der Waals surface area contributed by atoms with Crippen molar-refractivity contribution in [2.45, 2.75) is 31.8 Å². The first-order valence-electron chi connectivity index (χ1n) is 8.25. The fraction of sp³-hybridized carbons (Fsp3) is 0.421. The first kappa shape index (κ1) is 13.8. The molecule has 0 radical (unpaired) electrons. The zero-order valence-electron chi connectivity index (χ0n) is 13.0. The van der Waals surface area contributed by atoms with Gasteiger partial charge in [0.25, 0.3) is 0 Å². The van der Waals surface area contributed by atoms with Crippen molar-refractivity contribution in [2.75, 3.05) is 13.1 Å². The van der Waals surface area contributed by atoms with E-state index in [-0.39, 0.29) is 12.0 Å². The van der Waals surface area contributed by atoms with Crippen molar-refractivity contribution in [2.24, 2.45) is 5.92 Å². The molecule has 3 heteroatoms. The minimum Gasteiger partial charge on any atom is -0.333 e. The Morgan fingerprint density at radius 3 is 2.50 bits per heavy atom. The number of fused-ring (bicyclic) bond motifs is 1. The molecule has 4 rings (SSSR count). The maximum atomic E-state index is 12.8. The lowest BCUT2D eigenvalue weighted by Gasteiger charge is -2.36. The van der Waals surface area contributed by atoms with Crippen molar-refractivity contribution < 1.29 is 4.79 Å². The molecule has 0 spiro atoms. The number of amides is 1. The Bertz CT molecular complexity index is 703. The second-order valence-corrected chi connectivity index (χ2v) is 6.61. The van der Waals surface area contributed by atoms with E-state index in [0.29, 0.717) is 11.9 Å². The van der Waals surface area contributed by atoms with E-state index < -0.39 is 0 Å². The van der Waals surface area contributed by atoms with Crippen LogP contribution in [0.2, 0.25) is 0 Å². The number of hydrogen-bond acceptors (Lipinski definition) is 2. The van der Waals surface area contributed by atoms with Crippen LogP contribution in [0.3, 0.4) is 0 Å². The first-order valence-corrected chi connectivity index (χ1v) is 8.25. The fourth-order valence-corrected chi connectivity index (χ4v) is 3.34. The Morgan fingerprint density at radius 2 is 1.86 bits per heavy atom. The Morgan fingerprint density at radius 1 is 1.14 bits per heavy atom. The van der Waals surface area contributed by atoms with E-state index in [0.717, 1.165) is 25.9 Å². The minimum absolute atomic E-state index is 0.158. The molecule has 1 N–H and O–H groups in total. The molecule has 2 aromatic carbocycles. The SMILES string of the molecule is CC(c1ccc2ccccc2c1)N(C(=O)C1CNC1)C1CC1. The third kappa shape index (κ3) is 2.40. The molecule has 1 saturated carbocycles. The van der Waals surface area contributed by atoms with E-state index >= 15 is 0 Å². The summed E-state index contributed by atoms with van der Waals surface area (Å²) in [6.07, 6.45) is 2.31. The number of hydrogen-bond donors (Lipinski definition) is 1. The van der Waals surface area contributed by atoms with Crippen molar-refractivity contribution in [3.63, 3.8) is 0 Å². The van der Waals surface area contributed by atoms with Crippen molar-refractivity contribution in [3.8, 4) is 0 Å². The van der Waals surface area contributed by atoms with E-state index in [9.17, 15) is 4.79 Å². The summed E-state index contributed by atoms with van der Waals surface area (Å²) >= 11 is 0. The summed E-state index contributed by atoms with van der Waals surface area (Å²) < 4.78 is 0. The van der Waals surface area contributed by atoms with Crippen molar-refractivity contribution in [3.05, 3.63) is 48.0 Å². The summed E-state index contributed by atoms with van der Waals surface area (Å²) in [4.78, 5) is 14.9. The number of carbonyl (C=O) groups excluding carboxylic acids is 1. The van der Waals surface area contributed by atoms with E-state index in [2.05, 4.69) is 59.6 Å². The molecule has 0 bridgehead atoms. The number of rotatable bonds is 4. The van der Waals surface area contributed by atoms with Gasteiger partial charge in [0.05, 0.1) is 12.0 Å². The molecule has 1 amide bonds. The molecule has 3 nitrogen and oxygen atoms in total. The maximum absolute atomic E-state index is 12.8. The number of carbonyl (C=O) groups is 1. The molecular weight excluding hydrogens is 272 g/mol. The van der Waals surface area contributed by atoms with E-state index in [4.69, 9.17) is 0 Å². The van der Waals surface area contributed by atoms with Crippen molar-refractivity contribution in [1.29, 1.82) is 0 Å². The predicted octanol–water partition coefficient (Wildman–Crippen LogP) is 3.11. The van der Waals surface area contributed by atoms with Gasteiger partial charge in [0, 0.05) is 19.1 Å². The molecule has 1 aliphatic carbocycles. The molecule has 2 fully saturated rings. The van der Waals surface area contributed by atoms with E-state index in [1.807, 2.05) is 0 Å². The highest BCUT2D eigenvalue weighted by molar-refractivity contribution is 5.84. The smallest absolute Gasteiger partial charge is 0.229 e. The predicted molar refractivity (Wildman–Crippen MR) is 88.6 cm³/mol. The molecule has 1 unspecified atom stereocenters. The van der Waals surface area contributed by atoms with Gasteiger partial charge >= 0.3 is 0 Å². The summed E-state index contributed by atoms with van der Waals surface area (Å²) in [5.74, 6) is 0.519. The third-order valence-electron chi connectivity index (χ3n) is 5.00. The summed E-state index contributed by atoms with van der Waals surface area (Å²) in [5.41, 5.74) is 1.24. The van der Waals surface area contributed by atoms with Crippen LogP contribution in [0.1, 0.15) is 31.4 Å². The average molecular weight is 294 g/mol. The lowest BCUT2D eigenvalue weighted by molar-refractivity contribution is -0.140. The van der Waals surface area contributed by atoms with Crippen LogP contribution in [0, 0.1) is 5.92 Å². The lowest BCUT2D eigenvalue weighted by atomic mass is 9.97. The second-order valence-electron chi connectivity index (χ2n) is 6.61. The molecule has 1 heterocycles. The minimum atomic E-state index is 0.158. The van der Waals surface area contributed by atoms with Crippen LogP contribution in [0.15, 0.2) is 42.5 Å². The number of nitrogens with one attached hydrogen (secondary N) is 1. The topological polar surface area (TPSA) is 32.3 Å². The Labute approximate surface area is 131 Å². The van der Waals surface area contributed by atoms with Crippen LogP contribution in [-0.4, -0.2) is 29.9 Å². The van der Waals surface area contributed by atoms with Gasteiger partial charge in [-0.3, -0.25) is 4.79 Å². The molecule has 1 atom stereocenters. The van der Waals surface area contributed by atoms with Crippen molar-refractivity contribution >= 4 is 16.7 Å². The zero-order valence-corrected chi connectivity index (χ0v) is 13.0. The van der Waals surface area contributed by atoms with Crippen LogP contribution >= 0.6 is 0 Å². The van der Waals surface area contributed by atoms with Gasteiger partial charge in [-0.1, -0.05) is 36.4 Å². The summed E-state index contributed by atoms with van der Waals surface area (Å²) in [5, 5.41) is 5.72. The molecule has 0 aromatic heterocycles. The van der Waals surface area contributed by atoms with Gasteiger partial charge in [0.15, 0.2) is 0 Å². The summed E-state index contributed by atoms with van der Waals surface area (Å²) in [7, 11) is 0. The fourth-order valence-electron chi connectivity index (χ4n) is 3.34. The van der Waals surface area contributed by atoms with Crippen LogP contribution in [0.25, 0.3) is 10.8 Å². The van der Waals surface area contributed by atoms with Gasteiger partial charge in [0.2, 0.25) is 5.91 Å². The van der Waals surface area contributed by atoms with Crippen LogP contribution in [0.4, 0.5) is 0 Å². The second kappa shape index (κ2) is 5.40. The van der Waals surface area contributed by atoms with Crippen LogP contribution in [-0.2, 0) is 4.79 Å². The standard InChI is InChI=1S/C19H22N2O/c1-13(15-7-6-14-4-2-3-5-16(14)10-15)21(18-8-9-18)19(22)17-11-20-12-17/h2-7,10,13,17-18,20H,8-9,11-12H2,1H3. The Hall–Kier alpha value is -1.87. The van der Waals surface area contributed by atoms with Crippen LogP contribution < -0.4 is 5.32 Å². The van der Waals surface area contributed by atoms with Crippen LogP contribution in [0.5, 0.6) is 0 Å². The summed E-state index contributed by atoms with van der Waals surface area (Å²) in [6.45, 7) is 3.85. The van der Waals surface area contributed by atoms with Gasteiger partial charge < -0.3 is 10.2 Å². The van der Waals surface area contributed by atoms with E-state index in [1.165, 1.54) is 16.3 Å². The monoisotopic (exact) mass is 294 g/mol. The molecule has 2 aliphatic rings. The van der Waals surface area contributed by atoms with E-state index in [1.54, 1.807) is 0 Å². The quantitative estimate of drug-likeness (QED) is 0.939. The number of benzene rings is 2. The number of nitrogens with zero attached hydrogens (tertiary/aromatic N) is 1. The maximum Gasteiger partial charge on any atom is 0.229 e. The normalized spacial score (nSPS) is 19.7. The first-order chi connectivity index (χ1) is 10.7. The molecular formula is C19H22N2O. The third-order valence-corrected chi connectivity index (χ3v) is 5.00. The van der Waals surface area contributed by atoms with Gasteiger partial charge in [-0.25, -0.2) is 0 Å². The van der Waals surface area contributed by atoms with Gasteiger partial charge in [-0.05, 0) is 42.2 Å². The highest BCUT2D eigenvalue weighted by Crippen LogP contribution is 2.36. The molecule has 1 aliphatic heterocycles. The summed E-state index contributed by atoms with van der Waals surface area (Å²) in [6, 6.07) is 15.6. The largest absolute Gasteiger partial charge is 0.333 e.